The average Bonchev–Trinajstić information content (AvgIpc) is 2.86. The molecule has 0 atom stereocenters. The Bertz CT molecular complexity index is 893. The number of rotatable bonds is 12. The van der Waals surface area contributed by atoms with Gasteiger partial charge >= 0.3 is 0 Å². The monoisotopic (exact) mass is 453 g/mol. The fraction of sp³-hybridized carbons (Fsp3) is 0.462. The number of carbonyl (C=O) groups is 1. The predicted molar refractivity (Wildman–Crippen MR) is 131 cm³/mol. The molecule has 0 saturated carbocycles. The molecular formula is C26H35N3O4. The van der Waals surface area contributed by atoms with Gasteiger partial charge in [0.1, 0.15) is 12.4 Å². The van der Waals surface area contributed by atoms with Crippen molar-refractivity contribution in [1.29, 1.82) is 0 Å². The number of likely N-dealkylation sites (tertiary alicyclic amines) is 1. The number of unbranched alkanes of at least 4 members (excludes halogenated alkanes) is 1. The van der Waals surface area contributed by atoms with Crippen LogP contribution in [0.25, 0.3) is 0 Å². The number of carbonyl (C=O) groups excluding carboxylic acids is 1. The van der Waals surface area contributed by atoms with E-state index in [0.29, 0.717) is 30.3 Å². The third-order valence-corrected chi connectivity index (χ3v) is 5.56. The number of hydrazone groups is 1. The van der Waals surface area contributed by atoms with Crippen molar-refractivity contribution in [3.8, 4) is 17.2 Å². The normalized spacial score (nSPS) is 14.2. The van der Waals surface area contributed by atoms with Gasteiger partial charge in [0.05, 0.1) is 19.9 Å². The van der Waals surface area contributed by atoms with Crippen LogP contribution in [-0.2, 0) is 0 Å². The van der Waals surface area contributed by atoms with E-state index in [-0.39, 0.29) is 5.91 Å². The molecule has 0 bridgehead atoms. The third kappa shape index (κ3) is 8.09. The molecule has 2 aromatic rings. The summed E-state index contributed by atoms with van der Waals surface area (Å²) in [4.78, 5) is 14.8. The van der Waals surface area contributed by atoms with Gasteiger partial charge in [-0.05, 0) is 80.4 Å². The second-order valence-electron chi connectivity index (χ2n) is 8.09. The smallest absolute Gasteiger partial charge is 0.271 e. The lowest BCUT2D eigenvalue weighted by Gasteiger charge is -2.26. The molecule has 0 aliphatic carbocycles. The molecule has 0 spiro atoms. The number of amides is 1. The van der Waals surface area contributed by atoms with E-state index in [2.05, 4.69) is 22.4 Å². The molecule has 7 nitrogen and oxygen atoms in total. The Balaban J connectivity index is 1.48. The van der Waals surface area contributed by atoms with Gasteiger partial charge in [0.2, 0.25) is 0 Å². The first-order chi connectivity index (χ1) is 16.2. The Kier molecular flexibility index (Phi) is 10.0. The molecule has 1 heterocycles. The first-order valence-electron chi connectivity index (χ1n) is 11.8. The highest BCUT2D eigenvalue weighted by molar-refractivity contribution is 5.95. The number of hydrogen-bond acceptors (Lipinski definition) is 6. The Labute approximate surface area is 196 Å². The second-order valence-corrected chi connectivity index (χ2v) is 8.09. The second kappa shape index (κ2) is 13.5. The lowest BCUT2D eigenvalue weighted by Crippen LogP contribution is -2.33. The molecule has 3 rings (SSSR count). The highest BCUT2D eigenvalue weighted by atomic mass is 16.5. The molecule has 7 heteroatoms. The summed E-state index contributed by atoms with van der Waals surface area (Å²) in [5.74, 6) is 1.82. The molecule has 1 N–H and O–H groups in total. The van der Waals surface area contributed by atoms with Gasteiger partial charge in [0.25, 0.3) is 5.91 Å². The zero-order valence-electron chi connectivity index (χ0n) is 19.7. The molecule has 178 valence electrons. The summed E-state index contributed by atoms with van der Waals surface area (Å²) in [6, 6.07) is 12.6. The quantitative estimate of drug-likeness (QED) is 0.291. The number of hydrogen-bond donors (Lipinski definition) is 1. The maximum Gasteiger partial charge on any atom is 0.271 e. The molecule has 2 aromatic carbocycles. The summed E-state index contributed by atoms with van der Waals surface area (Å²) in [5.41, 5.74) is 3.87. The van der Waals surface area contributed by atoms with Crippen LogP contribution in [0.2, 0.25) is 0 Å². The van der Waals surface area contributed by atoms with Crippen molar-refractivity contribution in [1.82, 2.24) is 10.3 Å². The Morgan fingerprint density at radius 2 is 1.82 bits per heavy atom. The average molecular weight is 454 g/mol. The summed E-state index contributed by atoms with van der Waals surface area (Å²) in [6.45, 7) is 6.65. The fourth-order valence-electron chi connectivity index (χ4n) is 3.62. The summed E-state index contributed by atoms with van der Waals surface area (Å²) in [5, 5.41) is 4.07. The van der Waals surface area contributed by atoms with Crippen LogP contribution in [0.4, 0.5) is 0 Å². The minimum absolute atomic E-state index is 0.281. The van der Waals surface area contributed by atoms with Crippen molar-refractivity contribution in [3.05, 3.63) is 53.6 Å². The van der Waals surface area contributed by atoms with E-state index >= 15 is 0 Å². The molecular weight excluding hydrogens is 418 g/mol. The van der Waals surface area contributed by atoms with Crippen molar-refractivity contribution in [2.45, 2.75) is 39.0 Å². The predicted octanol–water partition coefficient (Wildman–Crippen LogP) is 4.50. The van der Waals surface area contributed by atoms with Gasteiger partial charge in [-0.2, -0.15) is 5.10 Å². The molecule has 1 aliphatic rings. The third-order valence-electron chi connectivity index (χ3n) is 5.56. The lowest BCUT2D eigenvalue weighted by molar-refractivity contribution is 0.0955. The van der Waals surface area contributed by atoms with Gasteiger partial charge in [-0.1, -0.05) is 19.8 Å². The van der Waals surface area contributed by atoms with E-state index in [1.165, 1.54) is 19.3 Å². The molecule has 0 aromatic heterocycles. The summed E-state index contributed by atoms with van der Waals surface area (Å²) >= 11 is 0. The van der Waals surface area contributed by atoms with Crippen LogP contribution in [0.3, 0.4) is 0 Å². The summed E-state index contributed by atoms with van der Waals surface area (Å²) < 4.78 is 17.0. The fourth-order valence-corrected chi connectivity index (χ4v) is 3.62. The van der Waals surface area contributed by atoms with Gasteiger partial charge < -0.3 is 14.2 Å². The van der Waals surface area contributed by atoms with Gasteiger partial charge in [0.15, 0.2) is 11.5 Å². The van der Waals surface area contributed by atoms with E-state index in [9.17, 15) is 4.79 Å². The van der Waals surface area contributed by atoms with E-state index in [4.69, 9.17) is 14.2 Å². The van der Waals surface area contributed by atoms with Crippen molar-refractivity contribution in [3.63, 3.8) is 0 Å². The molecule has 1 aliphatic heterocycles. The van der Waals surface area contributed by atoms with E-state index in [0.717, 1.165) is 43.8 Å². The number of nitrogens with zero attached hydrogens (tertiary/aromatic N) is 2. The highest BCUT2D eigenvalue weighted by Gasteiger charge is 2.11. The molecule has 1 amide bonds. The van der Waals surface area contributed by atoms with Gasteiger partial charge in [-0.15, -0.1) is 0 Å². The van der Waals surface area contributed by atoms with Crippen molar-refractivity contribution >= 4 is 12.1 Å². The molecule has 1 fully saturated rings. The zero-order chi connectivity index (χ0) is 23.3. The maximum atomic E-state index is 12.3. The summed E-state index contributed by atoms with van der Waals surface area (Å²) in [6.07, 6.45) is 7.54. The van der Waals surface area contributed by atoms with E-state index in [1.807, 2.05) is 18.2 Å². The topological polar surface area (TPSA) is 72.4 Å². The maximum absolute atomic E-state index is 12.3. The first-order valence-corrected chi connectivity index (χ1v) is 11.8. The van der Waals surface area contributed by atoms with Crippen LogP contribution in [0, 0.1) is 0 Å². The molecule has 0 radical (unpaired) electrons. The standard InChI is InChI=1S/C26H35N3O4/c1-3-4-17-32-23-11-9-22(10-12-23)26(30)28-27-20-21-8-13-24(25(19-21)31-2)33-18-16-29-14-6-5-7-15-29/h8-13,19-20H,3-7,14-18H2,1-2H3,(H,28,30)/b27-20-. The van der Waals surface area contributed by atoms with Crippen LogP contribution in [-0.4, -0.2) is 57.0 Å². The molecule has 0 unspecified atom stereocenters. The minimum Gasteiger partial charge on any atom is -0.494 e. The van der Waals surface area contributed by atoms with Crippen molar-refractivity contribution in [2.24, 2.45) is 5.10 Å². The van der Waals surface area contributed by atoms with Crippen molar-refractivity contribution < 1.29 is 19.0 Å². The van der Waals surface area contributed by atoms with Crippen LogP contribution < -0.4 is 19.6 Å². The number of methoxy groups -OCH3 is 1. The lowest BCUT2D eigenvalue weighted by atomic mass is 10.1. The molecule has 33 heavy (non-hydrogen) atoms. The minimum atomic E-state index is -0.281. The largest absolute Gasteiger partial charge is 0.494 e. The number of piperidine rings is 1. The number of ether oxygens (including phenoxy) is 3. The van der Waals surface area contributed by atoms with Crippen LogP contribution in [0.5, 0.6) is 17.2 Å². The van der Waals surface area contributed by atoms with Gasteiger partial charge in [0, 0.05) is 12.1 Å². The van der Waals surface area contributed by atoms with Crippen LogP contribution >= 0.6 is 0 Å². The Hall–Kier alpha value is -3.06. The highest BCUT2D eigenvalue weighted by Crippen LogP contribution is 2.27. The first kappa shape index (κ1) is 24.6. The van der Waals surface area contributed by atoms with E-state index < -0.39 is 0 Å². The molecule has 1 saturated heterocycles. The van der Waals surface area contributed by atoms with Crippen LogP contribution in [0.15, 0.2) is 47.6 Å². The Morgan fingerprint density at radius 1 is 1.03 bits per heavy atom. The van der Waals surface area contributed by atoms with Crippen molar-refractivity contribution in [2.75, 3.05) is 40.0 Å². The van der Waals surface area contributed by atoms with Gasteiger partial charge in [-0.25, -0.2) is 5.43 Å². The summed E-state index contributed by atoms with van der Waals surface area (Å²) in [7, 11) is 1.62. The van der Waals surface area contributed by atoms with E-state index in [1.54, 1.807) is 37.6 Å². The SMILES string of the molecule is CCCCOc1ccc(C(=O)N/N=C\c2ccc(OCCN3CCCCC3)c(OC)c2)cc1. The van der Waals surface area contributed by atoms with Gasteiger partial charge in [-0.3, -0.25) is 9.69 Å². The number of nitrogens with one attached hydrogen (secondary N) is 1. The van der Waals surface area contributed by atoms with Crippen LogP contribution in [0.1, 0.15) is 54.9 Å². The Morgan fingerprint density at radius 3 is 2.55 bits per heavy atom. The number of benzene rings is 2. The zero-order valence-corrected chi connectivity index (χ0v) is 19.7.